The first-order chi connectivity index (χ1) is 32.6. The molecule has 2 aliphatic heterocycles. The van der Waals surface area contributed by atoms with Crippen LogP contribution in [0.1, 0.15) is 55.1 Å². The van der Waals surface area contributed by atoms with E-state index in [1.807, 2.05) is 42.5 Å². The summed E-state index contributed by atoms with van der Waals surface area (Å²) in [5.74, 6) is -4.49. The Bertz CT molecular complexity index is 2570. The molecule has 17 heteroatoms. The molecule has 368 valence electrons. The molecule has 69 heavy (non-hydrogen) atoms. The van der Waals surface area contributed by atoms with Crippen LogP contribution in [0.15, 0.2) is 91.1 Å². The fraction of sp³-hybridized carbons (Fsp3) is 0.404. The molecule has 0 N–H and O–H groups in total. The molecule has 0 radical (unpaired) electrons. The fourth-order valence-corrected chi connectivity index (χ4v) is 9.50. The molecule has 2 fully saturated rings. The first kappa shape index (κ1) is 53.0. The van der Waals surface area contributed by atoms with Crippen LogP contribution in [-0.4, -0.2) is 112 Å². The third-order valence-electron chi connectivity index (χ3n) is 13.2. The summed E-state index contributed by atoms with van der Waals surface area (Å²) in [5, 5.41) is 0.805. The zero-order valence-corrected chi connectivity index (χ0v) is 41.8. The molecule has 1 aromatic heterocycles. The van der Waals surface area contributed by atoms with Crippen molar-refractivity contribution in [1.29, 1.82) is 0 Å². The average molecular weight is 1010 g/mol. The van der Waals surface area contributed by atoms with E-state index in [2.05, 4.69) is 9.88 Å². The van der Waals surface area contributed by atoms with Gasteiger partial charge in [0.25, 0.3) is 0 Å². The van der Waals surface area contributed by atoms with Crippen molar-refractivity contribution in [2.24, 2.45) is 18.9 Å². The predicted octanol–water partition coefficient (Wildman–Crippen LogP) is 9.21. The number of Topliss-reactive ketones (excluding diaryl/α,β-unsaturated/α-hetero) is 1. The minimum absolute atomic E-state index is 0. The van der Waals surface area contributed by atoms with Gasteiger partial charge in [0.2, 0.25) is 17.7 Å². The number of carbonyl (C=O) groups excluding carboxylic acids is 4. The molecule has 4 atom stereocenters. The van der Waals surface area contributed by atoms with Crippen LogP contribution in [0.5, 0.6) is 11.5 Å². The molecular formula is C52H59Cl3F2N6O6. The maximum atomic E-state index is 16.0. The van der Waals surface area contributed by atoms with Crippen molar-refractivity contribution in [2.45, 2.75) is 70.6 Å². The number of likely N-dealkylation sites (tertiary alicyclic amines) is 1. The van der Waals surface area contributed by atoms with Crippen LogP contribution in [0, 0.1) is 23.5 Å². The minimum atomic E-state index is -1.11. The molecule has 4 aromatic carbocycles. The van der Waals surface area contributed by atoms with Crippen LogP contribution in [0.3, 0.4) is 0 Å². The lowest BCUT2D eigenvalue weighted by molar-refractivity contribution is -0.148. The van der Waals surface area contributed by atoms with Crippen molar-refractivity contribution in [1.82, 2.24) is 29.2 Å². The molecule has 3 heterocycles. The second-order valence-corrected chi connectivity index (χ2v) is 18.9. The van der Waals surface area contributed by atoms with Gasteiger partial charge in [0.05, 0.1) is 61.1 Å². The van der Waals surface area contributed by atoms with Crippen LogP contribution >= 0.6 is 35.6 Å². The summed E-state index contributed by atoms with van der Waals surface area (Å²) in [4.78, 5) is 69.7. The van der Waals surface area contributed by atoms with Gasteiger partial charge in [0.15, 0.2) is 5.78 Å². The monoisotopic (exact) mass is 1010 g/mol. The Balaban J connectivity index is 0.00000782. The molecule has 3 amide bonds. The lowest BCUT2D eigenvalue weighted by Crippen LogP contribution is -2.52. The molecule has 0 spiro atoms. The van der Waals surface area contributed by atoms with Gasteiger partial charge < -0.3 is 28.7 Å². The van der Waals surface area contributed by atoms with E-state index in [0.717, 1.165) is 49.2 Å². The van der Waals surface area contributed by atoms with Crippen LogP contribution in [0.2, 0.25) is 10.0 Å². The van der Waals surface area contributed by atoms with Crippen LogP contribution in [0.25, 0.3) is 11.3 Å². The van der Waals surface area contributed by atoms with E-state index in [9.17, 15) is 19.2 Å². The van der Waals surface area contributed by atoms with Gasteiger partial charge in [0, 0.05) is 75.4 Å². The van der Waals surface area contributed by atoms with E-state index in [1.165, 1.54) is 24.3 Å². The minimum Gasteiger partial charge on any atom is -0.457 e. The number of methoxy groups -OCH3 is 1. The number of halogens is 5. The third kappa shape index (κ3) is 13.1. The average Bonchev–Trinajstić information content (AvgIpc) is 3.96. The SMILES string of the molecule is COC[C@@H]1CC(=O)[C@H](C)N(Cc2ccc(Cl)cc2Oc2cc(F)c(-c3cnc(CN4CCCC4)n3C)c(F)c2)C(=O)C[C@@H](Cc2ccccc2)C(=O)N(C)C[C@@H](Cc2ccc(Cl)cc2)N(C)C1=O.Cl. The standard InChI is InChI=1S/C52H58Cl2F2N6O6.ClH/c1-33-46(63)23-38(32-67-5)52(66)59(3)41(22-35-13-16-39(53)17-14-35)30-58(2)51(65)37(21-34-11-7-6-8-12-34)24-49(64)62(33)29-36-15-18-40(54)25-47(36)68-42-26-43(55)50(44(56)27-42)45-28-57-48(60(45)4)31-61-19-9-10-20-61;/h6-8,11-18,25-28,33,37-38,41H,9-10,19-24,29-32H2,1-5H3;1H/t33-,37+,38-,41+;/m0./s1. The number of ketones is 1. The molecule has 0 aliphatic carbocycles. The fourth-order valence-electron chi connectivity index (χ4n) is 9.21. The second-order valence-electron chi connectivity index (χ2n) is 18.0. The van der Waals surface area contributed by atoms with Crippen molar-refractivity contribution < 1.29 is 37.4 Å². The van der Waals surface area contributed by atoms with E-state index in [1.54, 1.807) is 66.7 Å². The number of carbonyl (C=O) groups is 4. The van der Waals surface area contributed by atoms with Crippen molar-refractivity contribution >= 4 is 59.1 Å². The van der Waals surface area contributed by atoms with Crippen molar-refractivity contribution in [3.05, 3.63) is 135 Å². The summed E-state index contributed by atoms with van der Waals surface area (Å²) in [6.07, 6.45) is 3.75. The number of ether oxygens (including phenoxy) is 2. The second kappa shape index (κ2) is 24.0. The summed E-state index contributed by atoms with van der Waals surface area (Å²) in [7, 11) is 6.51. The predicted molar refractivity (Wildman–Crippen MR) is 264 cm³/mol. The lowest BCUT2D eigenvalue weighted by Gasteiger charge is -2.37. The van der Waals surface area contributed by atoms with Gasteiger partial charge in [0.1, 0.15) is 29.0 Å². The molecule has 0 bridgehead atoms. The highest BCUT2D eigenvalue weighted by atomic mass is 35.5. The van der Waals surface area contributed by atoms with Crippen molar-refractivity contribution in [2.75, 3.05) is 47.4 Å². The van der Waals surface area contributed by atoms with Crippen molar-refractivity contribution in [3.63, 3.8) is 0 Å². The van der Waals surface area contributed by atoms with E-state index >= 15 is 8.78 Å². The molecule has 12 nitrogen and oxygen atoms in total. The highest BCUT2D eigenvalue weighted by molar-refractivity contribution is 6.31. The lowest BCUT2D eigenvalue weighted by atomic mass is 9.91. The zero-order valence-electron chi connectivity index (χ0n) is 39.5. The molecular weight excluding hydrogens is 949 g/mol. The quantitative estimate of drug-likeness (QED) is 0.115. The van der Waals surface area contributed by atoms with E-state index in [0.29, 0.717) is 29.4 Å². The third-order valence-corrected chi connectivity index (χ3v) is 13.7. The van der Waals surface area contributed by atoms with Gasteiger partial charge in [-0.05, 0) is 81.1 Å². The first-order valence-electron chi connectivity index (χ1n) is 22.9. The van der Waals surface area contributed by atoms with Gasteiger partial charge in [-0.1, -0.05) is 71.7 Å². The zero-order chi connectivity index (χ0) is 48.6. The maximum absolute atomic E-state index is 16.0. The molecule has 2 aliphatic rings. The van der Waals surface area contributed by atoms with Crippen LogP contribution in [0.4, 0.5) is 8.78 Å². The van der Waals surface area contributed by atoms with Gasteiger partial charge in [-0.25, -0.2) is 13.8 Å². The Hall–Kier alpha value is -5.38. The maximum Gasteiger partial charge on any atom is 0.228 e. The number of aromatic nitrogens is 2. The van der Waals surface area contributed by atoms with E-state index < -0.39 is 47.2 Å². The van der Waals surface area contributed by atoms with Gasteiger partial charge in [-0.2, -0.15) is 0 Å². The summed E-state index contributed by atoms with van der Waals surface area (Å²) in [5.41, 5.74) is 2.11. The number of nitrogens with zero attached hydrogens (tertiary/aromatic N) is 6. The number of rotatable bonds is 13. The van der Waals surface area contributed by atoms with Crippen molar-refractivity contribution in [3.8, 4) is 22.8 Å². The largest absolute Gasteiger partial charge is 0.457 e. The van der Waals surface area contributed by atoms with Gasteiger partial charge >= 0.3 is 0 Å². The molecule has 2 saturated heterocycles. The van der Waals surface area contributed by atoms with E-state index in [-0.39, 0.29) is 91.0 Å². The van der Waals surface area contributed by atoms with Gasteiger partial charge in [-0.15, -0.1) is 12.4 Å². The van der Waals surface area contributed by atoms with Crippen LogP contribution in [-0.2, 0) is 56.9 Å². The number of hydrogen-bond acceptors (Lipinski definition) is 8. The number of imidazole rings is 1. The Morgan fingerprint density at radius 1 is 0.768 bits per heavy atom. The Morgan fingerprint density at radius 3 is 2.09 bits per heavy atom. The summed E-state index contributed by atoms with van der Waals surface area (Å²) < 4.78 is 45.4. The van der Waals surface area contributed by atoms with Crippen LogP contribution < -0.4 is 4.74 Å². The summed E-state index contributed by atoms with van der Waals surface area (Å²) in [6.45, 7) is 3.88. The number of benzene rings is 4. The Labute approximate surface area is 418 Å². The molecule has 5 aromatic rings. The topological polar surface area (TPSA) is 118 Å². The summed E-state index contributed by atoms with van der Waals surface area (Å²) in [6, 6.07) is 21.8. The highest BCUT2D eigenvalue weighted by Gasteiger charge is 2.37. The molecule has 0 unspecified atom stereocenters. The normalized spacial score (nSPS) is 20.0. The van der Waals surface area contributed by atoms with Gasteiger partial charge in [-0.3, -0.25) is 24.1 Å². The first-order valence-corrected chi connectivity index (χ1v) is 23.7. The highest BCUT2D eigenvalue weighted by Crippen LogP contribution is 2.36. The molecule has 0 saturated carbocycles. The number of likely N-dealkylation sites (N-methyl/N-ethyl adjacent to an activating group) is 2. The Morgan fingerprint density at radius 2 is 1.42 bits per heavy atom. The smallest absolute Gasteiger partial charge is 0.228 e. The number of hydrogen-bond donors (Lipinski definition) is 0. The van der Waals surface area contributed by atoms with E-state index in [4.69, 9.17) is 32.7 Å². The molecule has 7 rings (SSSR count). The Kier molecular flexibility index (Phi) is 18.4. The summed E-state index contributed by atoms with van der Waals surface area (Å²) >= 11 is 12.7. The number of amides is 3.